The maximum atomic E-state index is 13.3. The Morgan fingerprint density at radius 3 is 2.44 bits per heavy atom. The minimum Gasteiger partial charge on any atom is -0.508 e. The van der Waals surface area contributed by atoms with E-state index < -0.39 is 23.5 Å². The average molecular weight is 476 g/mol. The van der Waals surface area contributed by atoms with E-state index in [0.29, 0.717) is 36.3 Å². The van der Waals surface area contributed by atoms with Gasteiger partial charge in [0.1, 0.15) is 5.75 Å². The van der Waals surface area contributed by atoms with Gasteiger partial charge in [0.2, 0.25) is 0 Å². The molecule has 0 amide bonds. The Balaban J connectivity index is 1.76. The summed E-state index contributed by atoms with van der Waals surface area (Å²) in [5.74, 6) is 3.77. The molecular weight excluding hydrogens is 447 g/mol. The monoisotopic (exact) mass is 475 g/mol. The number of aromatic hydroxyl groups is 1. The summed E-state index contributed by atoms with van der Waals surface area (Å²) >= 11 is 0. The topological polar surface area (TPSA) is 70.0 Å². The molecule has 1 aliphatic heterocycles. The van der Waals surface area contributed by atoms with E-state index in [4.69, 9.17) is 4.74 Å². The Morgan fingerprint density at radius 1 is 1.12 bits per heavy atom. The second-order valence-electron chi connectivity index (χ2n) is 8.25. The van der Waals surface area contributed by atoms with Crippen LogP contribution in [0, 0.1) is 11.8 Å². The van der Waals surface area contributed by atoms with Crippen LogP contribution in [0.1, 0.15) is 58.8 Å². The van der Waals surface area contributed by atoms with Crippen molar-refractivity contribution in [2.24, 2.45) is 0 Å². The van der Waals surface area contributed by atoms with Gasteiger partial charge in [-0.2, -0.15) is 13.2 Å². The van der Waals surface area contributed by atoms with Gasteiger partial charge < -0.3 is 19.8 Å². The fourth-order valence-corrected chi connectivity index (χ4v) is 4.09. The van der Waals surface area contributed by atoms with Crippen LogP contribution in [0.15, 0.2) is 36.4 Å². The highest BCUT2D eigenvalue weighted by molar-refractivity contribution is 5.88. The molecule has 2 aromatic rings. The third kappa shape index (κ3) is 6.99. The maximum Gasteiger partial charge on any atom is 0.417 e. The first-order chi connectivity index (χ1) is 16.2. The summed E-state index contributed by atoms with van der Waals surface area (Å²) in [5.41, 5.74) is 0.0128. The first-order valence-corrected chi connectivity index (χ1v) is 11.3. The number of likely N-dealkylation sites (tertiary alicyclic amines) is 1. The zero-order chi connectivity index (χ0) is 24.7. The number of phenolic OH excluding ortho intramolecular Hbond substituents is 1. The van der Waals surface area contributed by atoms with Gasteiger partial charge in [-0.3, -0.25) is 0 Å². The largest absolute Gasteiger partial charge is 0.508 e. The summed E-state index contributed by atoms with van der Waals surface area (Å²) < 4.78 is 45.7. The number of carbonyl (C=O) groups is 1. The number of phenols is 1. The summed E-state index contributed by atoms with van der Waals surface area (Å²) in [6, 6.07) is 7.40. The van der Waals surface area contributed by atoms with Gasteiger partial charge in [0.25, 0.3) is 0 Å². The minimum absolute atomic E-state index is 0.110. The predicted molar refractivity (Wildman–Crippen MR) is 122 cm³/mol. The molecule has 0 radical (unpaired) electrons. The highest BCUT2D eigenvalue weighted by atomic mass is 19.4. The summed E-state index contributed by atoms with van der Waals surface area (Å²) in [6.45, 7) is 5.41. The molecule has 3 rings (SSSR count). The average Bonchev–Trinajstić information content (AvgIpc) is 2.79. The molecule has 0 atom stereocenters. The molecule has 0 bridgehead atoms. The Labute approximate surface area is 197 Å². The molecule has 2 N–H and O–H groups in total. The number of piperidine rings is 1. The van der Waals surface area contributed by atoms with E-state index >= 15 is 0 Å². The van der Waals surface area contributed by atoms with E-state index in [2.05, 4.69) is 16.7 Å². The molecule has 0 aliphatic carbocycles. The molecular formula is C26H28F3NO4. The molecule has 1 fully saturated rings. The number of carboxylic acid groups (broad SMARTS) is 1. The number of halogens is 3. The predicted octanol–water partition coefficient (Wildman–Crippen LogP) is 4.94. The number of benzene rings is 2. The lowest BCUT2D eigenvalue weighted by atomic mass is 9.98. The lowest BCUT2D eigenvalue weighted by Gasteiger charge is -2.31. The summed E-state index contributed by atoms with van der Waals surface area (Å²) in [7, 11) is 0. The molecule has 34 heavy (non-hydrogen) atoms. The first-order valence-electron chi connectivity index (χ1n) is 11.3. The van der Waals surface area contributed by atoms with Gasteiger partial charge >= 0.3 is 12.1 Å². The van der Waals surface area contributed by atoms with Crippen LogP contribution in [0.25, 0.3) is 0 Å². The van der Waals surface area contributed by atoms with Crippen LogP contribution >= 0.6 is 0 Å². The number of aryl methyl sites for hydroxylation is 1. The van der Waals surface area contributed by atoms with E-state index in [-0.39, 0.29) is 11.1 Å². The molecule has 0 aromatic heterocycles. The van der Waals surface area contributed by atoms with E-state index in [0.717, 1.165) is 51.0 Å². The Hall–Kier alpha value is -3.02. The molecule has 1 saturated heterocycles. The Morgan fingerprint density at radius 2 is 1.79 bits per heavy atom. The van der Waals surface area contributed by atoms with Gasteiger partial charge in [0.05, 0.1) is 17.2 Å². The van der Waals surface area contributed by atoms with Gasteiger partial charge in [-0.15, -0.1) is 0 Å². The third-order valence-electron chi connectivity index (χ3n) is 5.85. The van der Waals surface area contributed by atoms with Gasteiger partial charge in [-0.1, -0.05) is 11.8 Å². The van der Waals surface area contributed by atoms with Crippen LogP contribution < -0.4 is 0 Å². The van der Waals surface area contributed by atoms with Crippen molar-refractivity contribution in [1.29, 1.82) is 0 Å². The van der Waals surface area contributed by atoms with Crippen LogP contribution in [0.5, 0.6) is 5.75 Å². The maximum absolute atomic E-state index is 13.3. The first kappa shape index (κ1) is 25.6. The van der Waals surface area contributed by atoms with Crippen molar-refractivity contribution >= 4 is 5.97 Å². The van der Waals surface area contributed by atoms with Crippen LogP contribution in [-0.2, 0) is 17.3 Å². The fraction of sp³-hybridized carbons (Fsp3) is 0.423. The van der Waals surface area contributed by atoms with Crippen molar-refractivity contribution in [2.75, 3.05) is 26.2 Å². The number of hydrogen-bond acceptors (Lipinski definition) is 4. The SMILES string of the molecule is CCOC1CCN(CCCc2cc(C(=O)O)ccc2C#Cc2ccc(O)cc2C(F)(F)F)CC1. The molecule has 0 saturated carbocycles. The molecule has 182 valence electrons. The lowest BCUT2D eigenvalue weighted by Crippen LogP contribution is -2.37. The van der Waals surface area contributed by atoms with Crippen molar-refractivity contribution in [2.45, 2.75) is 44.9 Å². The summed E-state index contributed by atoms with van der Waals surface area (Å²) in [6.07, 6.45) is -1.08. The zero-order valence-electron chi connectivity index (χ0n) is 19.0. The number of alkyl halides is 3. The molecule has 8 heteroatoms. The van der Waals surface area contributed by atoms with Crippen LogP contribution in [0.4, 0.5) is 13.2 Å². The minimum atomic E-state index is -4.66. The van der Waals surface area contributed by atoms with Crippen molar-refractivity contribution < 1.29 is 32.9 Å². The number of ether oxygens (including phenoxy) is 1. The second-order valence-corrected chi connectivity index (χ2v) is 8.25. The quantitative estimate of drug-likeness (QED) is 0.555. The van der Waals surface area contributed by atoms with E-state index in [1.807, 2.05) is 6.92 Å². The van der Waals surface area contributed by atoms with Crippen molar-refractivity contribution in [3.05, 3.63) is 64.2 Å². The van der Waals surface area contributed by atoms with Crippen LogP contribution in [0.2, 0.25) is 0 Å². The number of hydrogen-bond donors (Lipinski definition) is 2. The van der Waals surface area contributed by atoms with Crippen molar-refractivity contribution in [3.63, 3.8) is 0 Å². The number of carboxylic acids is 1. The van der Waals surface area contributed by atoms with Gasteiger partial charge in [0, 0.05) is 30.8 Å². The molecule has 0 unspecified atom stereocenters. The molecule has 1 aliphatic rings. The molecule has 1 heterocycles. The zero-order valence-corrected chi connectivity index (χ0v) is 19.0. The summed E-state index contributed by atoms with van der Waals surface area (Å²) in [5, 5.41) is 18.8. The molecule has 2 aromatic carbocycles. The van der Waals surface area contributed by atoms with E-state index in [1.54, 1.807) is 0 Å². The number of aromatic carboxylic acids is 1. The van der Waals surface area contributed by atoms with Gasteiger partial charge in [-0.25, -0.2) is 4.79 Å². The highest BCUT2D eigenvalue weighted by Crippen LogP contribution is 2.33. The van der Waals surface area contributed by atoms with E-state index in [1.165, 1.54) is 18.2 Å². The fourth-order valence-electron chi connectivity index (χ4n) is 4.09. The third-order valence-corrected chi connectivity index (χ3v) is 5.85. The van der Waals surface area contributed by atoms with Gasteiger partial charge in [0.15, 0.2) is 0 Å². The number of nitrogens with zero attached hydrogens (tertiary/aromatic N) is 1. The second kappa shape index (κ2) is 11.4. The van der Waals surface area contributed by atoms with Crippen molar-refractivity contribution in [1.82, 2.24) is 4.90 Å². The molecule has 5 nitrogen and oxygen atoms in total. The smallest absolute Gasteiger partial charge is 0.417 e. The standard InChI is InChI=1S/C26H28F3NO4/c1-2-34-23-11-14-30(15-12-23)13-3-4-20-16-21(25(32)33)8-6-18(20)5-7-19-9-10-22(31)17-24(19)26(27,28)29/h6,8-10,16-17,23,31H,2-4,11-15H2,1H3,(H,32,33). The molecule has 0 spiro atoms. The number of rotatable bonds is 7. The Bertz CT molecular complexity index is 1060. The summed E-state index contributed by atoms with van der Waals surface area (Å²) in [4.78, 5) is 13.8. The Kier molecular flexibility index (Phi) is 8.59. The van der Waals surface area contributed by atoms with Crippen LogP contribution in [-0.4, -0.2) is 53.4 Å². The van der Waals surface area contributed by atoms with Crippen molar-refractivity contribution in [3.8, 4) is 17.6 Å². The van der Waals surface area contributed by atoms with E-state index in [9.17, 15) is 28.2 Å². The highest BCUT2D eigenvalue weighted by Gasteiger charge is 2.33. The lowest BCUT2D eigenvalue weighted by molar-refractivity contribution is -0.137. The van der Waals surface area contributed by atoms with Crippen LogP contribution in [0.3, 0.4) is 0 Å². The van der Waals surface area contributed by atoms with Gasteiger partial charge in [-0.05, 0) is 81.1 Å². The normalized spacial score (nSPS) is 15.1.